The molecular weight excluding hydrogens is 238 g/mol. The van der Waals surface area contributed by atoms with Gasteiger partial charge in [-0.2, -0.15) is 11.8 Å². The Morgan fingerprint density at radius 2 is 2.24 bits per heavy atom. The Hall–Kier alpha value is -0.910. The van der Waals surface area contributed by atoms with Gasteiger partial charge in [0.15, 0.2) is 11.5 Å². The van der Waals surface area contributed by atoms with Crippen molar-refractivity contribution in [2.45, 2.75) is 6.04 Å². The molecule has 17 heavy (non-hydrogen) atoms. The topological polar surface area (TPSA) is 53.7 Å². The molecule has 1 aromatic carbocycles. The quantitative estimate of drug-likeness (QED) is 0.785. The second-order valence-corrected chi connectivity index (χ2v) is 4.94. The lowest BCUT2D eigenvalue weighted by Crippen LogP contribution is -2.13. The molecule has 0 fully saturated rings. The molecule has 1 heterocycles. The van der Waals surface area contributed by atoms with E-state index in [1.165, 1.54) is 0 Å². The van der Waals surface area contributed by atoms with Crippen LogP contribution in [0.4, 0.5) is 0 Å². The molecule has 94 valence electrons. The minimum Gasteiger partial charge on any atom is -0.454 e. The molecular formula is C12H17NO3S. The Bertz CT molecular complexity index is 373. The first-order valence-electron chi connectivity index (χ1n) is 5.53. The zero-order valence-electron chi connectivity index (χ0n) is 9.85. The number of fused-ring (bicyclic) bond motifs is 1. The van der Waals surface area contributed by atoms with Crippen molar-refractivity contribution in [3.8, 4) is 11.5 Å². The summed E-state index contributed by atoms with van der Waals surface area (Å²) in [6.07, 6.45) is 0. The van der Waals surface area contributed by atoms with E-state index < -0.39 is 0 Å². The van der Waals surface area contributed by atoms with Gasteiger partial charge in [0.05, 0.1) is 6.61 Å². The molecule has 0 radical (unpaired) electrons. The molecule has 1 atom stereocenters. The first-order chi connectivity index (χ1) is 8.31. The number of hydrogen-bond acceptors (Lipinski definition) is 5. The first-order valence-corrected chi connectivity index (χ1v) is 6.68. The number of benzene rings is 1. The molecule has 0 amide bonds. The molecule has 2 N–H and O–H groups in total. The van der Waals surface area contributed by atoms with Gasteiger partial charge in [-0.25, -0.2) is 0 Å². The lowest BCUT2D eigenvalue weighted by molar-refractivity contribution is 0.174. The van der Waals surface area contributed by atoms with Crippen molar-refractivity contribution in [2.24, 2.45) is 5.73 Å². The highest BCUT2D eigenvalue weighted by atomic mass is 32.2. The molecule has 0 spiro atoms. The fourth-order valence-electron chi connectivity index (χ4n) is 1.59. The summed E-state index contributed by atoms with van der Waals surface area (Å²) in [7, 11) is 1.71. The third-order valence-corrected chi connectivity index (χ3v) is 3.60. The Labute approximate surface area is 105 Å². The van der Waals surface area contributed by atoms with Gasteiger partial charge in [-0.05, 0) is 17.7 Å². The molecule has 0 saturated carbocycles. The number of methoxy groups -OCH3 is 1. The van der Waals surface area contributed by atoms with E-state index in [-0.39, 0.29) is 6.04 Å². The van der Waals surface area contributed by atoms with Crippen molar-refractivity contribution in [1.29, 1.82) is 0 Å². The van der Waals surface area contributed by atoms with Gasteiger partial charge < -0.3 is 19.9 Å². The highest BCUT2D eigenvalue weighted by Crippen LogP contribution is 2.34. The van der Waals surface area contributed by atoms with Crippen LogP contribution in [0.15, 0.2) is 18.2 Å². The summed E-state index contributed by atoms with van der Waals surface area (Å²) in [5, 5.41) is 0. The van der Waals surface area contributed by atoms with Gasteiger partial charge >= 0.3 is 0 Å². The van der Waals surface area contributed by atoms with Gasteiger partial charge in [-0.1, -0.05) is 6.07 Å². The summed E-state index contributed by atoms with van der Waals surface area (Å²) >= 11 is 1.79. The van der Waals surface area contributed by atoms with E-state index >= 15 is 0 Å². The molecule has 1 aliphatic rings. The average Bonchev–Trinajstić information content (AvgIpc) is 2.81. The summed E-state index contributed by atoms with van der Waals surface area (Å²) in [5.74, 6) is 3.44. The molecule has 1 aromatic rings. The van der Waals surface area contributed by atoms with Gasteiger partial charge in [0.1, 0.15) is 0 Å². The van der Waals surface area contributed by atoms with Crippen LogP contribution in [0.25, 0.3) is 0 Å². The highest BCUT2D eigenvalue weighted by Gasteiger charge is 2.15. The number of rotatable bonds is 6. The normalized spacial score (nSPS) is 14.9. The molecule has 1 unspecified atom stereocenters. The summed E-state index contributed by atoms with van der Waals surface area (Å²) in [6, 6.07) is 5.89. The Balaban J connectivity index is 1.88. The Morgan fingerprint density at radius 3 is 3.06 bits per heavy atom. The third-order valence-electron chi connectivity index (χ3n) is 2.55. The van der Waals surface area contributed by atoms with Gasteiger partial charge in [0.25, 0.3) is 0 Å². The number of hydrogen-bond donors (Lipinski definition) is 1. The van der Waals surface area contributed by atoms with Crippen LogP contribution in [0.3, 0.4) is 0 Å². The van der Waals surface area contributed by atoms with Crippen LogP contribution in [-0.2, 0) is 4.74 Å². The number of thioether (sulfide) groups is 1. The molecule has 0 saturated heterocycles. The summed E-state index contributed by atoms with van der Waals surface area (Å²) in [5.41, 5.74) is 7.20. The van der Waals surface area contributed by atoms with E-state index in [1.807, 2.05) is 18.2 Å². The van der Waals surface area contributed by atoms with Crippen molar-refractivity contribution in [1.82, 2.24) is 0 Å². The predicted molar refractivity (Wildman–Crippen MR) is 68.7 cm³/mol. The van der Waals surface area contributed by atoms with E-state index in [0.29, 0.717) is 6.79 Å². The van der Waals surface area contributed by atoms with E-state index in [4.69, 9.17) is 19.9 Å². The minimum absolute atomic E-state index is 0.0198. The SMILES string of the molecule is COCCSCC(N)c1ccc2c(c1)OCO2. The molecule has 0 aliphatic carbocycles. The minimum atomic E-state index is 0.0198. The van der Waals surface area contributed by atoms with Crippen molar-refractivity contribution >= 4 is 11.8 Å². The van der Waals surface area contributed by atoms with E-state index in [2.05, 4.69) is 0 Å². The van der Waals surface area contributed by atoms with Crippen LogP contribution in [0.1, 0.15) is 11.6 Å². The second kappa shape index (κ2) is 6.14. The van der Waals surface area contributed by atoms with Crippen molar-refractivity contribution in [3.63, 3.8) is 0 Å². The van der Waals surface area contributed by atoms with E-state index in [9.17, 15) is 0 Å². The fourth-order valence-corrected chi connectivity index (χ4v) is 2.49. The molecule has 2 rings (SSSR count). The molecule has 0 aromatic heterocycles. The second-order valence-electron chi connectivity index (χ2n) is 3.79. The molecule has 0 bridgehead atoms. The van der Waals surface area contributed by atoms with E-state index in [1.54, 1.807) is 18.9 Å². The maximum atomic E-state index is 6.11. The van der Waals surface area contributed by atoms with Crippen LogP contribution < -0.4 is 15.2 Å². The van der Waals surface area contributed by atoms with E-state index in [0.717, 1.165) is 35.2 Å². The van der Waals surface area contributed by atoms with Gasteiger partial charge in [0.2, 0.25) is 6.79 Å². The maximum Gasteiger partial charge on any atom is 0.231 e. The predicted octanol–water partition coefficient (Wildman–Crippen LogP) is 1.79. The lowest BCUT2D eigenvalue weighted by Gasteiger charge is -2.12. The Kier molecular flexibility index (Phi) is 4.53. The summed E-state index contributed by atoms with van der Waals surface area (Å²) in [4.78, 5) is 0. The smallest absolute Gasteiger partial charge is 0.231 e. The van der Waals surface area contributed by atoms with Crippen molar-refractivity contribution in [2.75, 3.05) is 32.0 Å². The number of nitrogens with two attached hydrogens (primary N) is 1. The van der Waals surface area contributed by atoms with Crippen LogP contribution in [-0.4, -0.2) is 32.0 Å². The lowest BCUT2D eigenvalue weighted by atomic mass is 10.1. The number of ether oxygens (including phenoxy) is 3. The van der Waals surface area contributed by atoms with Crippen LogP contribution in [0.2, 0.25) is 0 Å². The molecule has 1 aliphatic heterocycles. The Morgan fingerprint density at radius 1 is 1.41 bits per heavy atom. The first kappa shape index (κ1) is 12.5. The fraction of sp³-hybridized carbons (Fsp3) is 0.500. The zero-order valence-corrected chi connectivity index (χ0v) is 10.7. The molecule has 4 nitrogen and oxygen atoms in total. The third kappa shape index (κ3) is 3.28. The maximum absolute atomic E-state index is 6.11. The highest BCUT2D eigenvalue weighted by molar-refractivity contribution is 7.99. The van der Waals surface area contributed by atoms with Crippen molar-refractivity contribution in [3.05, 3.63) is 23.8 Å². The molecule has 5 heteroatoms. The summed E-state index contributed by atoms with van der Waals surface area (Å²) in [6.45, 7) is 1.06. The average molecular weight is 255 g/mol. The standard InChI is InChI=1S/C12H17NO3S/c1-14-4-5-17-7-10(13)9-2-3-11-12(6-9)16-8-15-11/h2-3,6,10H,4-5,7-8,13H2,1H3. The largest absolute Gasteiger partial charge is 0.454 e. The van der Waals surface area contributed by atoms with Crippen molar-refractivity contribution < 1.29 is 14.2 Å². The van der Waals surface area contributed by atoms with Gasteiger partial charge in [-0.3, -0.25) is 0 Å². The van der Waals surface area contributed by atoms with Gasteiger partial charge in [0, 0.05) is 24.7 Å². The van der Waals surface area contributed by atoms with Crippen LogP contribution in [0.5, 0.6) is 11.5 Å². The van der Waals surface area contributed by atoms with Gasteiger partial charge in [-0.15, -0.1) is 0 Å². The van der Waals surface area contributed by atoms with Crippen LogP contribution >= 0.6 is 11.8 Å². The summed E-state index contributed by atoms with van der Waals surface area (Å²) < 4.78 is 15.6. The zero-order chi connectivity index (χ0) is 12.1. The van der Waals surface area contributed by atoms with Crippen LogP contribution in [0, 0.1) is 0 Å². The monoisotopic (exact) mass is 255 g/mol.